The van der Waals surface area contributed by atoms with Gasteiger partial charge in [-0.1, -0.05) is 11.6 Å². The van der Waals surface area contributed by atoms with E-state index in [1.165, 1.54) is 17.9 Å². The number of hydrogen-bond donors (Lipinski definition) is 2. The van der Waals surface area contributed by atoms with Gasteiger partial charge in [0.2, 0.25) is 17.7 Å². The summed E-state index contributed by atoms with van der Waals surface area (Å²) in [4.78, 5) is 48.6. The number of carbonyl (C=O) groups is 4. The smallest absolute Gasteiger partial charge is 0.256 e. The monoisotopic (exact) mass is 335 g/mol. The number of imide groups is 1. The molecule has 0 aliphatic carbocycles. The van der Waals surface area contributed by atoms with E-state index in [0.717, 1.165) is 0 Å². The van der Waals surface area contributed by atoms with Gasteiger partial charge in [0.25, 0.3) is 5.91 Å². The van der Waals surface area contributed by atoms with Crippen LogP contribution in [-0.4, -0.2) is 34.6 Å². The molecule has 120 valence electrons. The fourth-order valence-corrected chi connectivity index (χ4v) is 3.20. The van der Waals surface area contributed by atoms with Crippen LogP contribution in [0.25, 0.3) is 0 Å². The maximum absolute atomic E-state index is 12.6. The third kappa shape index (κ3) is 2.68. The zero-order valence-corrected chi connectivity index (χ0v) is 13.1. The second kappa shape index (κ2) is 5.66. The van der Waals surface area contributed by atoms with Crippen molar-refractivity contribution >= 4 is 40.9 Å². The van der Waals surface area contributed by atoms with Crippen LogP contribution in [0.3, 0.4) is 0 Å². The molecule has 1 fully saturated rings. The molecule has 4 amide bonds. The van der Waals surface area contributed by atoms with Crippen LogP contribution in [0, 0.1) is 0 Å². The lowest BCUT2D eigenvalue weighted by Crippen LogP contribution is -2.52. The van der Waals surface area contributed by atoms with Crippen LogP contribution in [0.5, 0.6) is 0 Å². The van der Waals surface area contributed by atoms with Crippen LogP contribution in [0.2, 0.25) is 5.02 Å². The molecule has 2 heterocycles. The highest BCUT2D eigenvalue weighted by atomic mass is 35.5. The maximum atomic E-state index is 12.6. The molecule has 0 saturated carbocycles. The molecular formula is C15H14ClN3O4. The summed E-state index contributed by atoms with van der Waals surface area (Å²) in [7, 11) is 0. The van der Waals surface area contributed by atoms with Crippen LogP contribution < -0.4 is 10.6 Å². The molecular weight excluding hydrogens is 322 g/mol. The molecule has 2 N–H and O–H groups in total. The van der Waals surface area contributed by atoms with Crippen molar-refractivity contribution < 1.29 is 19.2 Å². The lowest BCUT2D eigenvalue weighted by Gasteiger charge is -2.29. The summed E-state index contributed by atoms with van der Waals surface area (Å²) in [6.07, 6.45) is 0.459. The van der Waals surface area contributed by atoms with Gasteiger partial charge in [0, 0.05) is 31.1 Å². The van der Waals surface area contributed by atoms with E-state index in [9.17, 15) is 19.2 Å². The minimum absolute atomic E-state index is 0.163. The number of halogens is 1. The quantitative estimate of drug-likeness (QED) is 0.790. The standard InChI is InChI=1S/C15H14ClN3O4/c1-7(20)17-10-3-2-9(16)13-8(10)6-19(15(13)23)11-4-5-12(21)18-14(11)22/h2-3,11H,4-6H2,1H3,(H,17,20)(H,18,21,22). The summed E-state index contributed by atoms with van der Waals surface area (Å²) in [5, 5.41) is 5.18. The average Bonchev–Trinajstić information content (AvgIpc) is 2.80. The highest BCUT2D eigenvalue weighted by molar-refractivity contribution is 6.34. The predicted octanol–water partition coefficient (Wildman–Crippen LogP) is 1.06. The van der Waals surface area contributed by atoms with Gasteiger partial charge in [0.1, 0.15) is 6.04 Å². The number of hydrogen-bond acceptors (Lipinski definition) is 4. The molecule has 1 atom stereocenters. The van der Waals surface area contributed by atoms with Crippen molar-refractivity contribution in [3.8, 4) is 0 Å². The summed E-state index contributed by atoms with van der Waals surface area (Å²) < 4.78 is 0. The van der Waals surface area contributed by atoms with E-state index in [-0.39, 0.29) is 42.1 Å². The fraction of sp³-hybridized carbons (Fsp3) is 0.333. The first kappa shape index (κ1) is 15.5. The van der Waals surface area contributed by atoms with Gasteiger partial charge in [-0.15, -0.1) is 0 Å². The van der Waals surface area contributed by atoms with Crippen LogP contribution in [0.15, 0.2) is 12.1 Å². The van der Waals surface area contributed by atoms with E-state index in [1.54, 1.807) is 6.07 Å². The van der Waals surface area contributed by atoms with Gasteiger partial charge in [-0.25, -0.2) is 0 Å². The molecule has 1 aromatic carbocycles. The van der Waals surface area contributed by atoms with E-state index in [1.807, 2.05) is 0 Å². The van der Waals surface area contributed by atoms with Crippen molar-refractivity contribution in [2.24, 2.45) is 0 Å². The first-order valence-electron chi connectivity index (χ1n) is 7.12. The highest BCUT2D eigenvalue weighted by Crippen LogP contribution is 2.36. The molecule has 0 radical (unpaired) electrons. The zero-order chi connectivity index (χ0) is 16.7. The minimum atomic E-state index is -0.714. The molecule has 23 heavy (non-hydrogen) atoms. The molecule has 2 aliphatic heterocycles. The van der Waals surface area contributed by atoms with Crippen molar-refractivity contribution in [2.45, 2.75) is 32.4 Å². The number of nitrogens with zero attached hydrogens (tertiary/aromatic N) is 1. The van der Waals surface area contributed by atoms with Gasteiger partial charge in [-0.05, 0) is 18.6 Å². The predicted molar refractivity (Wildman–Crippen MR) is 81.8 cm³/mol. The topological polar surface area (TPSA) is 95.6 Å². The van der Waals surface area contributed by atoms with Gasteiger partial charge in [0.05, 0.1) is 10.6 Å². The van der Waals surface area contributed by atoms with Gasteiger partial charge in [-0.2, -0.15) is 0 Å². The molecule has 1 unspecified atom stereocenters. The third-order valence-corrected chi connectivity index (χ3v) is 4.28. The Morgan fingerprint density at radius 1 is 1.35 bits per heavy atom. The van der Waals surface area contributed by atoms with E-state index in [0.29, 0.717) is 16.8 Å². The number of carbonyl (C=O) groups excluding carboxylic acids is 4. The Morgan fingerprint density at radius 2 is 2.09 bits per heavy atom. The maximum Gasteiger partial charge on any atom is 0.256 e. The summed E-state index contributed by atoms with van der Waals surface area (Å²) in [5.74, 6) is -1.46. The van der Waals surface area contributed by atoms with Crippen molar-refractivity contribution in [3.63, 3.8) is 0 Å². The number of rotatable bonds is 2. The Balaban J connectivity index is 1.95. The van der Waals surface area contributed by atoms with Crippen molar-refractivity contribution in [3.05, 3.63) is 28.3 Å². The minimum Gasteiger partial charge on any atom is -0.326 e. The van der Waals surface area contributed by atoms with Gasteiger partial charge >= 0.3 is 0 Å². The van der Waals surface area contributed by atoms with Crippen LogP contribution >= 0.6 is 11.6 Å². The first-order valence-corrected chi connectivity index (χ1v) is 7.50. The Morgan fingerprint density at radius 3 is 2.74 bits per heavy atom. The lowest BCUT2D eigenvalue weighted by atomic mass is 10.0. The number of piperidine rings is 1. The molecule has 0 aromatic heterocycles. The summed E-state index contributed by atoms with van der Waals surface area (Å²) in [5.41, 5.74) is 1.38. The summed E-state index contributed by atoms with van der Waals surface area (Å²) in [6.45, 7) is 1.53. The molecule has 2 aliphatic rings. The van der Waals surface area contributed by atoms with Crippen molar-refractivity contribution in [2.75, 3.05) is 5.32 Å². The van der Waals surface area contributed by atoms with Gasteiger partial charge < -0.3 is 10.2 Å². The van der Waals surface area contributed by atoms with Crippen molar-refractivity contribution in [1.82, 2.24) is 10.2 Å². The van der Waals surface area contributed by atoms with E-state index >= 15 is 0 Å². The molecule has 0 spiro atoms. The van der Waals surface area contributed by atoms with Crippen LogP contribution in [0.4, 0.5) is 5.69 Å². The zero-order valence-electron chi connectivity index (χ0n) is 12.3. The molecule has 8 heteroatoms. The number of anilines is 1. The molecule has 0 bridgehead atoms. The number of amides is 4. The highest BCUT2D eigenvalue weighted by Gasteiger charge is 2.41. The Kier molecular flexibility index (Phi) is 3.81. The molecule has 1 saturated heterocycles. The van der Waals surface area contributed by atoms with Gasteiger partial charge in [0.15, 0.2) is 0 Å². The third-order valence-electron chi connectivity index (χ3n) is 3.96. The number of fused-ring (bicyclic) bond motifs is 1. The first-order chi connectivity index (χ1) is 10.9. The molecule has 7 nitrogen and oxygen atoms in total. The largest absolute Gasteiger partial charge is 0.326 e. The number of nitrogens with one attached hydrogen (secondary N) is 2. The van der Waals surface area contributed by atoms with Crippen molar-refractivity contribution in [1.29, 1.82) is 0 Å². The van der Waals surface area contributed by atoms with E-state index < -0.39 is 11.9 Å². The second-order valence-electron chi connectivity index (χ2n) is 5.53. The average molecular weight is 336 g/mol. The lowest BCUT2D eigenvalue weighted by molar-refractivity contribution is -0.137. The number of benzene rings is 1. The van der Waals surface area contributed by atoms with E-state index in [2.05, 4.69) is 10.6 Å². The normalized spacial score (nSPS) is 20.3. The second-order valence-corrected chi connectivity index (χ2v) is 5.94. The Bertz CT molecular complexity index is 746. The van der Waals surface area contributed by atoms with Crippen LogP contribution in [-0.2, 0) is 20.9 Å². The summed E-state index contributed by atoms with van der Waals surface area (Å²) >= 11 is 6.12. The van der Waals surface area contributed by atoms with Crippen LogP contribution in [0.1, 0.15) is 35.7 Å². The Hall–Kier alpha value is -2.41. The molecule has 3 rings (SSSR count). The summed E-state index contributed by atoms with van der Waals surface area (Å²) in [6, 6.07) is 2.45. The molecule has 1 aromatic rings. The van der Waals surface area contributed by atoms with E-state index in [4.69, 9.17) is 11.6 Å². The Labute approximate surface area is 137 Å². The SMILES string of the molecule is CC(=O)Nc1ccc(Cl)c2c1CN(C1CCC(=O)NC1=O)C2=O. The van der Waals surface area contributed by atoms with Gasteiger partial charge in [-0.3, -0.25) is 24.5 Å². The fourth-order valence-electron chi connectivity index (χ4n) is 2.94.